The van der Waals surface area contributed by atoms with Gasteiger partial charge in [0.05, 0.1) is 12.6 Å². The van der Waals surface area contributed by atoms with E-state index in [2.05, 4.69) is 27.0 Å². The smallest absolute Gasteiger partial charge is 0.321 e. The molecule has 0 aliphatic carbocycles. The van der Waals surface area contributed by atoms with E-state index in [4.69, 9.17) is 4.74 Å². The molecule has 2 aliphatic heterocycles. The summed E-state index contributed by atoms with van der Waals surface area (Å²) in [5.74, 6) is 1.30. The molecule has 1 N–H and O–H groups in total. The molecule has 1 fully saturated rings. The summed E-state index contributed by atoms with van der Waals surface area (Å²) in [7, 11) is 0. The van der Waals surface area contributed by atoms with Crippen molar-refractivity contribution in [2.24, 2.45) is 5.92 Å². The van der Waals surface area contributed by atoms with Crippen LogP contribution in [0.5, 0.6) is 11.8 Å². The Bertz CT molecular complexity index is 1070. The fraction of sp³-hybridized carbons (Fsp3) is 0.348. The maximum absolute atomic E-state index is 12.4. The van der Waals surface area contributed by atoms with Crippen LogP contribution in [0.1, 0.15) is 29.6 Å². The maximum Gasteiger partial charge on any atom is 0.321 e. The fourth-order valence-corrected chi connectivity index (χ4v) is 4.87. The summed E-state index contributed by atoms with van der Waals surface area (Å²) in [5.41, 5.74) is 2.24. The predicted molar refractivity (Wildman–Crippen MR) is 111 cm³/mol. The van der Waals surface area contributed by atoms with Gasteiger partial charge in [0.2, 0.25) is 0 Å². The highest BCUT2D eigenvalue weighted by molar-refractivity contribution is 5.29. The highest BCUT2D eigenvalue weighted by atomic mass is 16.5. The maximum atomic E-state index is 12.4. The Hall–Kier alpha value is -3.03. The van der Waals surface area contributed by atoms with Gasteiger partial charge in [-0.25, -0.2) is 9.97 Å². The molecular weight excluding hydrogens is 380 g/mol. The first kappa shape index (κ1) is 19.0. The van der Waals surface area contributed by atoms with E-state index in [0.29, 0.717) is 17.7 Å². The molecule has 30 heavy (non-hydrogen) atoms. The first-order valence-corrected chi connectivity index (χ1v) is 10.3. The highest BCUT2D eigenvalue weighted by Crippen LogP contribution is 2.41. The van der Waals surface area contributed by atoms with Crippen LogP contribution in [0.3, 0.4) is 0 Å². The van der Waals surface area contributed by atoms with Crippen molar-refractivity contribution in [2.45, 2.75) is 24.9 Å². The SMILES string of the molecule is O=c1cccc2n1[C@@H](CO)[C@H]1C[C@@H]2CN(Cc2ccc(Oc3ncccn3)cc2)C1. The van der Waals surface area contributed by atoms with Gasteiger partial charge in [0, 0.05) is 49.7 Å². The number of aliphatic hydroxyl groups is 1. The summed E-state index contributed by atoms with van der Waals surface area (Å²) >= 11 is 0. The van der Waals surface area contributed by atoms with Crippen molar-refractivity contribution in [3.8, 4) is 11.8 Å². The van der Waals surface area contributed by atoms with E-state index in [0.717, 1.165) is 31.7 Å². The van der Waals surface area contributed by atoms with E-state index < -0.39 is 0 Å². The summed E-state index contributed by atoms with van der Waals surface area (Å²) in [5, 5.41) is 10.00. The van der Waals surface area contributed by atoms with E-state index in [1.54, 1.807) is 24.5 Å². The molecule has 4 heterocycles. The van der Waals surface area contributed by atoms with Crippen LogP contribution in [0.15, 0.2) is 65.7 Å². The van der Waals surface area contributed by atoms with Gasteiger partial charge in [0.25, 0.3) is 5.56 Å². The number of aromatic nitrogens is 3. The summed E-state index contributed by atoms with van der Waals surface area (Å²) in [6, 6.07) is 15.4. The van der Waals surface area contributed by atoms with Crippen LogP contribution >= 0.6 is 0 Å². The molecule has 0 amide bonds. The van der Waals surface area contributed by atoms with Crippen molar-refractivity contribution in [2.75, 3.05) is 19.7 Å². The van der Waals surface area contributed by atoms with Crippen LogP contribution in [0.4, 0.5) is 0 Å². The van der Waals surface area contributed by atoms with Gasteiger partial charge in [0.1, 0.15) is 5.75 Å². The highest BCUT2D eigenvalue weighted by Gasteiger charge is 2.40. The van der Waals surface area contributed by atoms with Gasteiger partial charge in [-0.2, -0.15) is 0 Å². The van der Waals surface area contributed by atoms with Crippen LogP contribution in [-0.2, 0) is 6.54 Å². The lowest BCUT2D eigenvalue weighted by Gasteiger charge is -2.46. The van der Waals surface area contributed by atoms with Crippen molar-refractivity contribution in [1.82, 2.24) is 19.4 Å². The lowest BCUT2D eigenvalue weighted by atomic mass is 9.78. The Kier molecular flexibility index (Phi) is 5.06. The fourth-order valence-electron chi connectivity index (χ4n) is 4.87. The van der Waals surface area contributed by atoms with Crippen LogP contribution in [0.25, 0.3) is 0 Å². The zero-order valence-electron chi connectivity index (χ0n) is 16.6. The second-order valence-corrected chi connectivity index (χ2v) is 8.07. The van der Waals surface area contributed by atoms with Crippen molar-refractivity contribution < 1.29 is 9.84 Å². The lowest BCUT2D eigenvalue weighted by molar-refractivity contribution is 0.0580. The van der Waals surface area contributed by atoms with E-state index in [9.17, 15) is 9.90 Å². The van der Waals surface area contributed by atoms with E-state index in [1.165, 1.54) is 5.56 Å². The quantitative estimate of drug-likeness (QED) is 0.704. The van der Waals surface area contributed by atoms with Gasteiger partial charge in [-0.05, 0) is 42.2 Å². The van der Waals surface area contributed by atoms with Gasteiger partial charge in [0.15, 0.2) is 0 Å². The number of hydrogen-bond donors (Lipinski definition) is 1. The summed E-state index contributed by atoms with van der Waals surface area (Å²) in [6.45, 7) is 2.60. The Morgan fingerprint density at radius 2 is 1.83 bits per heavy atom. The molecule has 1 aromatic carbocycles. The molecule has 2 bridgehead atoms. The van der Waals surface area contributed by atoms with Crippen molar-refractivity contribution in [3.63, 3.8) is 0 Å². The third-order valence-electron chi connectivity index (χ3n) is 6.14. The number of fused-ring (bicyclic) bond motifs is 4. The van der Waals surface area contributed by atoms with Crippen molar-refractivity contribution >= 4 is 0 Å². The molecule has 3 aromatic rings. The average molecular weight is 404 g/mol. The number of likely N-dealkylation sites (tertiary alicyclic amines) is 1. The van der Waals surface area contributed by atoms with E-state index >= 15 is 0 Å². The van der Waals surface area contributed by atoms with Crippen LogP contribution in [-0.4, -0.2) is 44.2 Å². The van der Waals surface area contributed by atoms with Gasteiger partial charge in [-0.3, -0.25) is 9.69 Å². The zero-order chi connectivity index (χ0) is 20.5. The number of ether oxygens (including phenoxy) is 1. The number of nitrogens with zero attached hydrogens (tertiary/aromatic N) is 4. The number of piperidine rings is 1. The molecule has 2 aliphatic rings. The second kappa shape index (κ2) is 8.01. The topological polar surface area (TPSA) is 80.5 Å². The number of rotatable bonds is 5. The van der Waals surface area contributed by atoms with E-state index in [-0.39, 0.29) is 24.1 Å². The summed E-state index contributed by atoms with van der Waals surface area (Å²) in [4.78, 5) is 23.0. The number of pyridine rings is 1. The second-order valence-electron chi connectivity index (χ2n) is 8.07. The molecule has 1 saturated heterocycles. The number of aliphatic hydroxyl groups excluding tert-OH is 1. The largest absolute Gasteiger partial charge is 0.424 e. The Morgan fingerprint density at radius 1 is 1.03 bits per heavy atom. The monoisotopic (exact) mass is 404 g/mol. The molecule has 0 unspecified atom stereocenters. The normalized spacial score (nSPS) is 23.0. The third-order valence-corrected chi connectivity index (χ3v) is 6.14. The summed E-state index contributed by atoms with van der Waals surface area (Å²) < 4.78 is 7.49. The molecule has 7 heteroatoms. The van der Waals surface area contributed by atoms with Gasteiger partial charge in [-0.1, -0.05) is 18.2 Å². The van der Waals surface area contributed by atoms with Crippen LogP contribution in [0, 0.1) is 5.92 Å². The molecule has 7 nitrogen and oxygen atoms in total. The average Bonchev–Trinajstić information content (AvgIpc) is 2.77. The minimum Gasteiger partial charge on any atom is -0.424 e. The Balaban J connectivity index is 1.31. The van der Waals surface area contributed by atoms with Crippen LogP contribution < -0.4 is 10.3 Å². The standard InChI is InChI=1S/C23H24N4O3/c28-15-21-18-11-17(20-3-1-4-22(29)27(20)21)13-26(14-18)12-16-5-7-19(8-6-16)30-23-24-9-2-10-25-23/h1-10,17-18,21,28H,11-15H2/t17-,18+,21+/m1/s1. The predicted octanol–water partition coefficient (Wildman–Crippen LogP) is 2.58. The van der Waals surface area contributed by atoms with E-state index in [1.807, 2.05) is 28.8 Å². The minimum absolute atomic E-state index is 0.00423. The van der Waals surface area contributed by atoms with Crippen molar-refractivity contribution in [1.29, 1.82) is 0 Å². The molecule has 0 spiro atoms. The first-order valence-electron chi connectivity index (χ1n) is 10.3. The van der Waals surface area contributed by atoms with Crippen molar-refractivity contribution in [3.05, 3.63) is 82.5 Å². The number of benzene rings is 1. The third kappa shape index (κ3) is 3.62. The zero-order valence-corrected chi connectivity index (χ0v) is 16.6. The van der Waals surface area contributed by atoms with Gasteiger partial charge >= 0.3 is 6.01 Å². The molecule has 154 valence electrons. The molecule has 0 radical (unpaired) electrons. The molecule has 5 rings (SSSR count). The molecule has 0 saturated carbocycles. The Morgan fingerprint density at radius 3 is 2.60 bits per heavy atom. The van der Waals surface area contributed by atoms with Crippen LogP contribution in [0.2, 0.25) is 0 Å². The summed E-state index contributed by atoms with van der Waals surface area (Å²) in [6.07, 6.45) is 4.32. The van der Waals surface area contributed by atoms with Gasteiger partial charge in [-0.15, -0.1) is 0 Å². The molecule has 3 atom stereocenters. The minimum atomic E-state index is -0.144. The Labute approximate surface area is 174 Å². The molecule has 2 aromatic heterocycles. The lowest BCUT2D eigenvalue weighted by Crippen LogP contribution is -2.50. The number of hydrogen-bond acceptors (Lipinski definition) is 6. The van der Waals surface area contributed by atoms with Gasteiger partial charge < -0.3 is 14.4 Å². The molecular formula is C23H24N4O3. The first-order chi connectivity index (χ1) is 14.7.